The summed E-state index contributed by atoms with van der Waals surface area (Å²) in [7, 11) is 1.67. The number of hydrogen-bond acceptors (Lipinski definition) is 4. The van der Waals surface area contributed by atoms with Crippen LogP contribution in [0, 0.1) is 5.41 Å². The Kier molecular flexibility index (Phi) is 5.56. The molecule has 1 aliphatic carbocycles. The first-order valence-corrected chi connectivity index (χ1v) is 10.8. The molecule has 31 heavy (non-hydrogen) atoms. The highest BCUT2D eigenvalue weighted by Gasteiger charge is 2.27. The summed E-state index contributed by atoms with van der Waals surface area (Å²) in [6.45, 7) is 6.43. The molecule has 0 atom stereocenters. The van der Waals surface area contributed by atoms with E-state index in [0.717, 1.165) is 46.4 Å². The highest BCUT2D eigenvalue weighted by molar-refractivity contribution is 6.02. The predicted octanol–water partition coefficient (Wildman–Crippen LogP) is 6.22. The fourth-order valence-corrected chi connectivity index (χ4v) is 3.91. The Morgan fingerprint density at radius 2 is 1.87 bits per heavy atom. The molecule has 0 unspecified atom stereocenters. The molecule has 164 valence electrons. The first-order valence-electron chi connectivity index (χ1n) is 10.8. The second kappa shape index (κ2) is 8.17. The average Bonchev–Trinajstić information content (AvgIpc) is 2.97. The zero-order chi connectivity index (χ0) is 22.2. The molecule has 1 heterocycles. The lowest BCUT2D eigenvalue weighted by Crippen LogP contribution is -2.21. The molecule has 0 saturated heterocycles. The molecule has 1 aliphatic rings. The third-order valence-corrected chi connectivity index (χ3v) is 5.73. The number of carbonyl (C=O) groups excluding carboxylic acids is 1. The van der Waals surface area contributed by atoms with E-state index in [9.17, 15) is 4.79 Å². The summed E-state index contributed by atoms with van der Waals surface area (Å²) < 4.78 is 13.1. The van der Waals surface area contributed by atoms with Gasteiger partial charge in [0.25, 0.3) is 0 Å². The third-order valence-electron chi connectivity index (χ3n) is 5.73. The van der Waals surface area contributed by atoms with Gasteiger partial charge in [-0.05, 0) is 55.0 Å². The normalized spacial score (nSPS) is 14.3. The molecular weight excluding hydrogens is 390 g/mol. The Balaban J connectivity index is 1.64. The van der Waals surface area contributed by atoms with Crippen LogP contribution in [-0.2, 0) is 4.74 Å². The van der Waals surface area contributed by atoms with Crippen LogP contribution < -0.4 is 15.8 Å². The van der Waals surface area contributed by atoms with E-state index in [1.807, 2.05) is 57.2 Å². The zero-order valence-electron chi connectivity index (χ0n) is 18.7. The number of ether oxygens (including phenoxy) is 2. The molecule has 6 nitrogen and oxygen atoms in total. The Labute approximate surface area is 183 Å². The maximum absolute atomic E-state index is 12.1. The van der Waals surface area contributed by atoms with E-state index < -0.39 is 6.09 Å². The number of anilines is 2. The van der Waals surface area contributed by atoms with Crippen molar-refractivity contribution in [1.82, 2.24) is 4.57 Å². The van der Waals surface area contributed by atoms with Gasteiger partial charge in [0.05, 0.1) is 30.6 Å². The number of benzene rings is 2. The fourth-order valence-electron chi connectivity index (χ4n) is 3.91. The lowest BCUT2D eigenvalue weighted by Gasteiger charge is -2.30. The highest BCUT2D eigenvalue weighted by Crippen LogP contribution is 2.44. The molecule has 0 spiro atoms. The van der Waals surface area contributed by atoms with Crippen LogP contribution in [0.4, 0.5) is 16.2 Å². The van der Waals surface area contributed by atoms with Crippen LogP contribution in [-0.4, -0.2) is 24.4 Å². The van der Waals surface area contributed by atoms with Crippen LogP contribution in [0.15, 0.2) is 42.5 Å². The SMILES string of the molecule is COc1ccc2c(c1)c(N)c(-c1ccc(NC(=O)OCC(C)(C)C)cc1)n2C1CCC1. The minimum atomic E-state index is -0.446. The maximum Gasteiger partial charge on any atom is 0.411 e. The molecule has 4 rings (SSSR count). The summed E-state index contributed by atoms with van der Waals surface area (Å²) in [5.74, 6) is 0.796. The van der Waals surface area contributed by atoms with Gasteiger partial charge in [0.2, 0.25) is 0 Å². The average molecular weight is 422 g/mol. The first kappa shape index (κ1) is 21.1. The standard InChI is InChI=1S/C25H31N3O3/c1-25(2,3)15-31-24(29)27-17-10-8-16(9-11-17)23-22(26)20-14-19(30-4)12-13-21(20)28(23)18-6-5-7-18/h8-14,18H,5-7,15,26H2,1-4H3,(H,27,29). The van der Waals surface area contributed by atoms with Gasteiger partial charge < -0.3 is 19.8 Å². The Bertz CT molecular complexity index is 1090. The molecule has 3 N–H and O–H groups in total. The summed E-state index contributed by atoms with van der Waals surface area (Å²) in [6, 6.07) is 14.3. The number of nitrogens with zero attached hydrogens (tertiary/aromatic N) is 1. The molecule has 1 fully saturated rings. The van der Waals surface area contributed by atoms with Crippen molar-refractivity contribution in [1.29, 1.82) is 0 Å². The van der Waals surface area contributed by atoms with E-state index in [-0.39, 0.29) is 5.41 Å². The van der Waals surface area contributed by atoms with Crippen LogP contribution in [0.1, 0.15) is 46.1 Å². The smallest absolute Gasteiger partial charge is 0.411 e. The van der Waals surface area contributed by atoms with E-state index in [0.29, 0.717) is 18.3 Å². The largest absolute Gasteiger partial charge is 0.497 e. The van der Waals surface area contributed by atoms with Gasteiger partial charge in [-0.3, -0.25) is 5.32 Å². The predicted molar refractivity (Wildman–Crippen MR) is 126 cm³/mol. The van der Waals surface area contributed by atoms with Crippen molar-refractivity contribution in [3.63, 3.8) is 0 Å². The number of hydrogen-bond donors (Lipinski definition) is 2. The highest BCUT2D eigenvalue weighted by atomic mass is 16.5. The molecule has 2 aromatic carbocycles. The van der Waals surface area contributed by atoms with Crippen molar-refractivity contribution in [2.24, 2.45) is 5.41 Å². The van der Waals surface area contributed by atoms with Crippen molar-refractivity contribution in [3.05, 3.63) is 42.5 Å². The molecule has 1 amide bonds. The van der Waals surface area contributed by atoms with Gasteiger partial charge >= 0.3 is 6.09 Å². The summed E-state index contributed by atoms with van der Waals surface area (Å²) in [4.78, 5) is 12.1. The van der Waals surface area contributed by atoms with Crippen LogP contribution in [0.3, 0.4) is 0 Å². The lowest BCUT2D eigenvalue weighted by molar-refractivity contribution is 0.118. The van der Waals surface area contributed by atoms with E-state index >= 15 is 0 Å². The minimum Gasteiger partial charge on any atom is -0.497 e. The molecule has 0 radical (unpaired) electrons. The number of aromatic nitrogens is 1. The Hall–Kier alpha value is -3.15. The molecular formula is C25H31N3O3. The summed E-state index contributed by atoms with van der Waals surface area (Å²) in [5, 5.41) is 3.80. The second-order valence-electron chi connectivity index (χ2n) is 9.44. The molecule has 1 saturated carbocycles. The molecule has 0 bridgehead atoms. The van der Waals surface area contributed by atoms with Gasteiger partial charge in [-0.25, -0.2) is 4.79 Å². The number of nitrogen functional groups attached to an aromatic ring is 1. The van der Waals surface area contributed by atoms with Crippen molar-refractivity contribution in [3.8, 4) is 17.0 Å². The Morgan fingerprint density at radius 3 is 2.45 bits per heavy atom. The topological polar surface area (TPSA) is 78.5 Å². The van der Waals surface area contributed by atoms with E-state index in [1.54, 1.807) is 7.11 Å². The van der Waals surface area contributed by atoms with Gasteiger partial charge in [0, 0.05) is 22.7 Å². The minimum absolute atomic E-state index is 0.0731. The van der Waals surface area contributed by atoms with Gasteiger partial charge in [-0.15, -0.1) is 0 Å². The third kappa shape index (κ3) is 4.33. The maximum atomic E-state index is 12.1. The number of carbonyl (C=O) groups is 1. The Morgan fingerprint density at radius 1 is 1.16 bits per heavy atom. The van der Waals surface area contributed by atoms with E-state index in [2.05, 4.69) is 16.0 Å². The lowest BCUT2D eigenvalue weighted by atomic mass is 9.92. The van der Waals surface area contributed by atoms with Crippen molar-refractivity contribution in [2.75, 3.05) is 24.8 Å². The van der Waals surface area contributed by atoms with E-state index in [4.69, 9.17) is 15.2 Å². The van der Waals surface area contributed by atoms with Crippen LogP contribution in [0.2, 0.25) is 0 Å². The van der Waals surface area contributed by atoms with E-state index in [1.165, 1.54) is 6.42 Å². The first-order chi connectivity index (χ1) is 14.8. The van der Waals surface area contributed by atoms with Gasteiger partial charge in [0.15, 0.2) is 0 Å². The fraction of sp³-hybridized carbons (Fsp3) is 0.400. The summed E-state index contributed by atoms with van der Waals surface area (Å²) >= 11 is 0. The number of methoxy groups -OCH3 is 1. The second-order valence-corrected chi connectivity index (χ2v) is 9.44. The molecule has 6 heteroatoms. The van der Waals surface area contributed by atoms with Crippen LogP contribution in [0.25, 0.3) is 22.2 Å². The summed E-state index contributed by atoms with van der Waals surface area (Å²) in [5.41, 5.74) is 11.2. The number of nitrogens with two attached hydrogens (primary N) is 1. The van der Waals surface area contributed by atoms with Crippen molar-refractivity contribution in [2.45, 2.75) is 46.1 Å². The van der Waals surface area contributed by atoms with Gasteiger partial charge in [0.1, 0.15) is 5.75 Å². The van der Waals surface area contributed by atoms with Crippen LogP contribution >= 0.6 is 0 Å². The number of amides is 1. The molecule has 1 aromatic heterocycles. The van der Waals surface area contributed by atoms with Crippen LogP contribution in [0.5, 0.6) is 5.75 Å². The number of rotatable bonds is 5. The van der Waals surface area contributed by atoms with Gasteiger partial charge in [-0.1, -0.05) is 32.9 Å². The van der Waals surface area contributed by atoms with Crippen molar-refractivity contribution < 1.29 is 14.3 Å². The molecule has 0 aliphatic heterocycles. The summed E-state index contributed by atoms with van der Waals surface area (Å²) in [6.07, 6.45) is 3.10. The number of nitrogens with one attached hydrogen (secondary N) is 1. The van der Waals surface area contributed by atoms with Crippen molar-refractivity contribution >= 4 is 28.4 Å². The number of fused-ring (bicyclic) bond motifs is 1. The quantitative estimate of drug-likeness (QED) is 0.513. The van der Waals surface area contributed by atoms with Gasteiger partial charge in [-0.2, -0.15) is 0 Å². The molecule has 3 aromatic rings. The monoisotopic (exact) mass is 421 g/mol. The zero-order valence-corrected chi connectivity index (χ0v) is 18.7.